The molecule has 1 aliphatic rings. The van der Waals surface area contributed by atoms with Gasteiger partial charge in [-0.2, -0.15) is 0 Å². The fourth-order valence-electron chi connectivity index (χ4n) is 1.19. The molecule has 1 aliphatic heterocycles. The zero-order valence-electron chi connectivity index (χ0n) is 6.83. The SMILES string of the molecule is O=C(c1ccoc1Cl)N1CCCO1. The largest absolute Gasteiger partial charge is 0.452 e. The Morgan fingerprint density at radius 1 is 1.62 bits per heavy atom. The maximum absolute atomic E-state index is 11.6. The molecule has 1 aromatic heterocycles. The molecule has 0 spiro atoms. The molecule has 1 amide bonds. The van der Waals surface area contributed by atoms with Crippen LogP contribution in [-0.4, -0.2) is 24.1 Å². The van der Waals surface area contributed by atoms with E-state index in [1.54, 1.807) is 0 Å². The third-order valence-electron chi connectivity index (χ3n) is 1.83. The topological polar surface area (TPSA) is 42.7 Å². The second-order valence-corrected chi connectivity index (χ2v) is 3.05. The van der Waals surface area contributed by atoms with E-state index in [4.69, 9.17) is 20.9 Å². The number of hydrogen-bond donors (Lipinski definition) is 0. The maximum Gasteiger partial charge on any atom is 0.282 e. The Bertz CT molecular complexity index is 317. The summed E-state index contributed by atoms with van der Waals surface area (Å²) < 4.78 is 4.81. The number of amides is 1. The first kappa shape index (κ1) is 8.59. The molecule has 70 valence electrons. The maximum atomic E-state index is 11.6. The summed E-state index contributed by atoms with van der Waals surface area (Å²) in [4.78, 5) is 16.7. The van der Waals surface area contributed by atoms with Crippen LogP contribution in [0.1, 0.15) is 16.8 Å². The Kier molecular flexibility index (Phi) is 2.24. The first-order valence-corrected chi connectivity index (χ1v) is 4.34. The molecule has 0 bridgehead atoms. The highest BCUT2D eigenvalue weighted by Gasteiger charge is 2.23. The fourth-order valence-corrected chi connectivity index (χ4v) is 1.38. The van der Waals surface area contributed by atoms with Crippen LogP contribution in [0.2, 0.25) is 5.22 Å². The number of carbonyl (C=O) groups is 1. The van der Waals surface area contributed by atoms with E-state index in [1.165, 1.54) is 17.4 Å². The summed E-state index contributed by atoms with van der Waals surface area (Å²) in [6, 6.07) is 1.53. The van der Waals surface area contributed by atoms with Crippen molar-refractivity contribution in [3.63, 3.8) is 0 Å². The van der Waals surface area contributed by atoms with Crippen molar-refractivity contribution >= 4 is 17.5 Å². The number of furan rings is 1. The average molecular weight is 202 g/mol. The van der Waals surface area contributed by atoms with Crippen molar-refractivity contribution in [3.8, 4) is 0 Å². The zero-order valence-corrected chi connectivity index (χ0v) is 7.58. The van der Waals surface area contributed by atoms with E-state index >= 15 is 0 Å². The molecule has 0 radical (unpaired) electrons. The van der Waals surface area contributed by atoms with Crippen molar-refractivity contribution < 1.29 is 14.0 Å². The minimum atomic E-state index is -0.240. The van der Waals surface area contributed by atoms with Gasteiger partial charge < -0.3 is 4.42 Å². The highest BCUT2D eigenvalue weighted by Crippen LogP contribution is 2.20. The normalized spacial score (nSPS) is 16.5. The summed E-state index contributed by atoms with van der Waals surface area (Å²) in [5, 5.41) is 1.41. The van der Waals surface area contributed by atoms with Crippen molar-refractivity contribution in [2.24, 2.45) is 0 Å². The van der Waals surface area contributed by atoms with Crippen LogP contribution in [0, 0.1) is 0 Å². The number of hydroxylamine groups is 2. The van der Waals surface area contributed by atoms with Gasteiger partial charge in [0, 0.05) is 0 Å². The molecular weight excluding hydrogens is 194 g/mol. The van der Waals surface area contributed by atoms with E-state index in [1.807, 2.05) is 0 Å². The lowest BCUT2D eigenvalue weighted by Crippen LogP contribution is -2.26. The van der Waals surface area contributed by atoms with Gasteiger partial charge in [0.2, 0.25) is 5.22 Å². The molecular formula is C8H8ClNO3. The molecule has 2 rings (SSSR count). The molecule has 1 saturated heterocycles. The Balaban J connectivity index is 2.17. The van der Waals surface area contributed by atoms with Crippen molar-refractivity contribution in [1.82, 2.24) is 5.06 Å². The predicted molar refractivity (Wildman–Crippen MR) is 45.3 cm³/mol. The van der Waals surface area contributed by atoms with Crippen LogP contribution in [0.4, 0.5) is 0 Å². The zero-order chi connectivity index (χ0) is 9.26. The predicted octanol–water partition coefficient (Wildman–Crippen LogP) is 1.71. The smallest absolute Gasteiger partial charge is 0.282 e. The number of hydrogen-bond acceptors (Lipinski definition) is 3. The van der Waals surface area contributed by atoms with Crippen molar-refractivity contribution in [2.75, 3.05) is 13.2 Å². The summed E-state index contributed by atoms with van der Waals surface area (Å²) in [6.07, 6.45) is 2.24. The molecule has 0 atom stereocenters. The van der Waals surface area contributed by atoms with Gasteiger partial charge in [0.25, 0.3) is 5.91 Å². The van der Waals surface area contributed by atoms with Crippen LogP contribution in [0.15, 0.2) is 16.7 Å². The van der Waals surface area contributed by atoms with Gasteiger partial charge in [0.05, 0.1) is 25.0 Å². The molecule has 0 unspecified atom stereocenters. The Hall–Kier alpha value is -1.00. The summed E-state index contributed by atoms with van der Waals surface area (Å²) in [6.45, 7) is 1.20. The third kappa shape index (κ3) is 1.55. The molecule has 13 heavy (non-hydrogen) atoms. The van der Waals surface area contributed by atoms with Gasteiger partial charge in [-0.1, -0.05) is 0 Å². The summed E-state index contributed by atoms with van der Waals surface area (Å²) >= 11 is 5.64. The van der Waals surface area contributed by atoms with Crippen LogP contribution >= 0.6 is 11.6 Å². The standard InChI is InChI=1S/C8H8ClNO3/c9-7-6(2-5-12-7)8(11)10-3-1-4-13-10/h2,5H,1,3-4H2. The van der Waals surface area contributed by atoms with E-state index in [0.29, 0.717) is 18.7 Å². The lowest BCUT2D eigenvalue weighted by atomic mass is 10.3. The van der Waals surface area contributed by atoms with Crippen LogP contribution in [0.25, 0.3) is 0 Å². The van der Waals surface area contributed by atoms with E-state index in [0.717, 1.165) is 6.42 Å². The molecule has 0 aromatic carbocycles. The van der Waals surface area contributed by atoms with Gasteiger partial charge >= 0.3 is 0 Å². The molecule has 1 aromatic rings. The minimum Gasteiger partial charge on any atom is -0.452 e. The van der Waals surface area contributed by atoms with E-state index < -0.39 is 0 Å². The Labute approximate surface area is 80.0 Å². The van der Waals surface area contributed by atoms with Gasteiger partial charge in [0.15, 0.2) is 0 Å². The minimum absolute atomic E-state index is 0.112. The quantitative estimate of drug-likeness (QED) is 0.695. The summed E-state index contributed by atoms with van der Waals surface area (Å²) in [5.74, 6) is -0.240. The molecule has 0 saturated carbocycles. The van der Waals surface area contributed by atoms with Crippen LogP contribution < -0.4 is 0 Å². The van der Waals surface area contributed by atoms with Gasteiger partial charge in [-0.05, 0) is 24.1 Å². The van der Waals surface area contributed by atoms with E-state index in [9.17, 15) is 4.79 Å². The molecule has 0 aliphatic carbocycles. The van der Waals surface area contributed by atoms with Crippen LogP contribution in [0.3, 0.4) is 0 Å². The fraction of sp³-hybridized carbons (Fsp3) is 0.375. The second kappa shape index (κ2) is 3.40. The van der Waals surface area contributed by atoms with E-state index in [2.05, 4.69) is 0 Å². The second-order valence-electron chi connectivity index (χ2n) is 2.70. The van der Waals surface area contributed by atoms with Crippen LogP contribution in [-0.2, 0) is 4.84 Å². The van der Waals surface area contributed by atoms with Crippen molar-refractivity contribution in [2.45, 2.75) is 6.42 Å². The first-order chi connectivity index (χ1) is 6.29. The monoisotopic (exact) mass is 201 g/mol. The third-order valence-corrected chi connectivity index (χ3v) is 2.12. The molecule has 1 fully saturated rings. The molecule has 2 heterocycles. The first-order valence-electron chi connectivity index (χ1n) is 3.97. The average Bonchev–Trinajstić information content (AvgIpc) is 2.72. The van der Waals surface area contributed by atoms with Gasteiger partial charge in [-0.15, -0.1) is 0 Å². The van der Waals surface area contributed by atoms with Gasteiger partial charge in [-0.3, -0.25) is 9.63 Å². The van der Waals surface area contributed by atoms with Gasteiger partial charge in [-0.25, -0.2) is 5.06 Å². The summed E-state index contributed by atoms with van der Waals surface area (Å²) in [5.41, 5.74) is 0.351. The number of halogens is 1. The number of nitrogens with zero attached hydrogens (tertiary/aromatic N) is 1. The van der Waals surface area contributed by atoms with Crippen LogP contribution in [0.5, 0.6) is 0 Å². The summed E-state index contributed by atoms with van der Waals surface area (Å²) in [7, 11) is 0. The lowest BCUT2D eigenvalue weighted by Gasteiger charge is -2.11. The number of carbonyl (C=O) groups excluding carboxylic acids is 1. The lowest BCUT2D eigenvalue weighted by molar-refractivity contribution is -0.0768. The molecule has 0 N–H and O–H groups in total. The molecule has 5 heteroatoms. The highest BCUT2D eigenvalue weighted by atomic mass is 35.5. The van der Waals surface area contributed by atoms with E-state index in [-0.39, 0.29) is 11.1 Å². The molecule has 4 nitrogen and oxygen atoms in total. The Morgan fingerprint density at radius 2 is 2.46 bits per heavy atom. The number of rotatable bonds is 1. The Morgan fingerprint density at radius 3 is 3.00 bits per heavy atom. The van der Waals surface area contributed by atoms with Crippen molar-refractivity contribution in [1.29, 1.82) is 0 Å². The van der Waals surface area contributed by atoms with Crippen molar-refractivity contribution in [3.05, 3.63) is 23.1 Å². The van der Waals surface area contributed by atoms with Gasteiger partial charge in [0.1, 0.15) is 0 Å². The highest BCUT2D eigenvalue weighted by molar-refractivity contribution is 6.32.